The van der Waals surface area contributed by atoms with Gasteiger partial charge in [-0.15, -0.1) is 0 Å². The Labute approximate surface area is 83.8 Å². The Balaban J connectivity index is 2.27. The first kappa shape index (κ1) is 10.4. The summed E-state index contributed by atoms with van der Waals surface area (Å²) in [5.41, 5.74) is -0.544. The van der Waals surface area contributed by atoms with Crippen molar-refractivity contribution < 1.29 is 19.7 Å². The predicted molar refractivity (Wildman–Crippen MR) is 49.6 cm³/mol. The van der Waals surface area contributed by atoms with Crippen molar-refractivity contribution in [1.82, 2.24) is 0 Å². The minimum atomic E-state index is -0.658. The topological polar surface area (TPSA) is 58.9 Å². The molecule has 0 unspecified atom stereocenters. The predicted octanol–water partition coefficient (Wildman–Crippen LogP) is 0.270. The van der Waals surface area contributed by atoms with Crippen LogP contribution in [0.3, 0.4) is 0 Å². The summed E-state index contributed by atoms with van der Waals surface area (Å²) in [6, 6.07) is 0. The molecule has 0 spiro atoms. The number of rotatable bonds is 1. The number of hydrogen-bond acceptors (Lipinski definition) is 4. The molecule has 1 saturated carbocycles. The molecule has 0 bridgehead atoms. The third kappa shape index (κ3) is 1.29. The largest absolute Gasteiger partial charge is 0.396 e. The molecule has 2 aliphatic rings. The molecule has 14 heavy (non-hydrogen) atoms. The monoisotopic (exact) mass is 202 g/mol. The standard InChI is InChI=1S/C10H18O4/c1-9(2)13-8-7(12)4-6(5-11)10(8,3)14-9/h6-8,11-12H,4-5H2,1-3H3/t6-,7+,8+,10-/m1/s1. The van der Waals surface area contributed by atoms with Gasteiger partial charge < -0.3 is 19.7 Å². The summed E-state index contributed by atoms with van der Waals surface area (Å²) < 4.78 is 11.4. The second-order valence-electron chi connectivity index (χ2n) is 4.91. The van der Waals surface area contributed by atoms with Gasteiger partial charge in [0.25, 0.3) is 0 Å². The smallest absolute Gasteiger partial charge is 0.164 e. The summed E-state index contributed by atoms with van der Waals surface area (Å²) in [5, 5.41) is 19.0. The van der Waals surface area contributed by atoms with E-state index in [-0.39, 0.29) is 18.6 Å². The van der Waals surface area contributed by atoms with Crippen LogP contribution in [0, 0.1) is 5.92 Å². The first-order valence-electron chi connectivity index (χ1n) is 5.06. The van der Waals surface area contributed by atoms with Crippen molar-refractivity contribution in [3.63, 3.8) is 0 Å². The summed E-state index contributed by atoms with van der Waals surface area (Å²) >= 11 is 0. The normalized spacial score (nSPS) is 50.8. The second kappa shape index (κ2) is 2.92. The Bertz CT molecular complexity index is 240. The summed E-state index contributed by atoms with van der Waals surface area (Å²) in [5.74, 6) is -0.696. The van der Waals surface area contributed by atoms with E-state index in [4.69, 9.17) is 9.47 Å². The number of hydrogen-bond donors (Lipinski definition) is 2. The number of ether oxygens (including phenoxy) is 2. The van der Waals surface area contributed by atoms with Crippen LogP contribution in [-0.2, 0) is 9.47 Å². The van der Waals surface area contributed by atoms with Crippen LogP contribution in [0.2, 0.25) is 0 Å². The van der Waals surface area contributed by atoms with Crippen molar-refractivity contribution in [2.24, 2.45) is 5.92 Å². The van der Waals surface area contributed by atoms with E-state index in [1.165, 1.54) is 0 Å². The molecule has 0 aromatic rings. The molecule has 2 rings (SSSR count). The molecular weight excluding hydrogens is 184 g/mol. The number of fused-ring (bicyclic) bond motifs is 1. The molecule has 4 nitrogen and oxygen atoms in total. The van der Waals surface area contributed by atoms with Crippen LogP contribution in [0.5, 0.6) is 0 Å². The highest BCUT2D eigenvalue weighted by atomic mass is 16.8. The van der Waals surface area contributed by atoms with Crippen LogP contribution >= 0.6 is 0 Å². The fourth-order valence-electron chi connectivity index (χ4n) is 2.72. The van der Waals surface area contributed by atoms with Gasteiger partial charge in [0, 0.05) is 12.5 Å². The summed E-state index contributed by atoms with van der Waals surface area (Å²) in [4.78, 5) is 0. The molecule has 2 N–H and O–H groups in total. The zero-order chi connectivity index (χ0) is 10.6. The van der Waals surface area contributed by atoms with Gasteiger partial charge in [0.05, 0.1) is 6.10 Å². The van der Waals surface area contributed by atoms with E-state index in [1.54, 1.807) is 0 Å². The van der Waals surface area contributed by atoms with Gasteiger partial charge in [-0.3, -0.25) is 0 Å². The summed E-state index contributed by atoms with van der Waals surface area (Å²) in [6.07, 6.45) is -0.290. The van der Waals surface area contributed by atoms with Gasteiger partial charge in [0.15, 0.2) is 5.79 Å². The van der Waals surface area contributed by atoms with E-state index < -0.39 is 17.5 Å². The lowest BCUT2D eigenvalue weighted by Crippen LogP contribution is -2.41. The average Bonchev–Trinajstić information content (AvgIpc) is 2.42. The zero-order valence-electron chi connectivity index (χ0n) is 8.86. The van der Waals surface area contributed by atoms with Gasteiger partial charge in [-0.05, 0) is 27.2 Å². The van der Waals surface area contributed by atoms with E-state index in [0.717, 1.165) is 0 Å². The highest BCUT2D eigenvalue weighted by Gasteiger charge is 2.61. The van der Waals surface area contributed by atoms with E-state index in [1.807, 2.05) is 20.8 Å². The van der Waals surface area contributed by atoms with Gasteiger partial charge in [-0.2, -0.15) is 0 Å². The molecule has 4 heteroatoms. The van der Waals surface area contributed by atoms with Crippen molar-refractivity contribution in [3.05, 3.63) is 0 Å². The van der Waals surface area contributed by atoms with Crippen molar-refractivity contribution >= 4 is 0 Å². The van der Waals surface area contributed by atoms with Gasteiger partial charge in [0.2, 0.25) is 0 Å². The second-order valence-corrected chi connectivity index (χ2v) is 4.91. The molecular formula is C10H18O4. The van der Waals surface area contributed by atoms with Crippen LogP contribution in [0.4, 0.5) is 0 Å². The van der Waals surface area contributed by atoms with Gasteiger partial charge in [-0.25, -0.2) is 0 Å². The molecule has 2 fully saturated rings. The number of aliphatic hydroxyl groups excluding tert-OH is 2. The van der Waals surface area contributed by atoms with Gasteiger partial charge in [0.1, 0.15) is 11.7 Å². The van der Waals surface area contributed by atoms with E-state index in [2.05, 4.69) is 0 Å². The van der Waals surface area contributed by atoms with Crippen LogP contribution in [-0.4, -0.2) is 40.4 Å². The lowest BCUT2D eigenvalue weighted by Gasteiger charge is -2.29. The zero-order valence-corrected chi connectivity index (χ0v) is 8.86. The Morgan fingerprint density at radius 2 is 2.00 bits per heavy atom. The van der Waals surface area contributed by atoms with E-state index in [9.17, 15) is 10.2 Å². The number of aliphatic hydroxyl groups is 2. The van der Waals surface area contributed by atoms with Crippen molar-refractivity contribution in [2.75, 3.05) is 6.61 Å². The quantitative estimate of drug-likeness (QED) is 0.641. The minimum Gasteiger partial charge on any atom is -0.396 e. The molecule has 0 aromatic heterocycles. The molecule has 82 valence electrons. The first-order chi connectivity index (χ1) is 6.39. The van der Waals surface area contributed by atoms with Crippen LogP contribution in [0.15, 0.2) is 0 Å². The molecule has 4 atom stereocenters. The molecule has 1 saturated heterocycles. The third-order valence-corrected chi connectivity index (χ3v) is 3.35. The Kier molecular flexibility index (Phi) is 2.16. The fourth-order valence-corrected chi connectivity index (χ4v) is 2.72. The van der Waals surface area contributed by atoms with Gasteiger partial charge in [-0.1, -0.05) is 0 Å². The molecule has 0 aromatic carbocycles. The molecule has 0 radical (unpaired) electrons. The lowest BCUT2D eigenvalue weighted by atomic mass is 9.92. The average molecular weight is 202 g/mol. The van der Waals surface area contributed by atoms with E-state index >= 15 is 0 Å². The highest BCUT2D eigenvalue weighted by Crippen LogP contribution is 2.49. The maximum absolute atomic E-state index is 9.78. The van der Waals surface area contributed by atoms with Crippen molar-refractivity contribution in [1.29, 1.82) is 0 Å². The maximum Gasteiger partial charge on any atom is 0.164 e. The Morgan fingerprint density at radius 1 is 1.36 bits per heavy atom. The lowest BCUT2D eigenvalue weighted by molar-refractivity contribution is -0.182. The minimum absolute atomic E-state index is 0.0312. The van der Waals surface area contributed by atoms with E-state index in [0.29, 0.717) is 6.42 Å². The summed E-state index contributed by atoms with van der Waals surface area (Å²) in [6.45, 7) is 5.60. The molecule has 0 amide bonds. The maximum atomic E-state index is 9.78. The Morgan fingerprint density at radius 3 is 2.57 bits per heavy atom. The van der Waals surface area contributed by atoms with Crippen molar-refractivity contribution in [2.45, 2.75) is 50.8 Å². The molecule has 1 heterocycles. The SMILES string of the molecule is CC1(C)O[C@H]2[C@@H](O)C[C@H](CO)[C@@]2(C)O1. The summed E-state index contributed by atoms with van der Waals surface area (Å²) in [7, 11) is 0. The van der Waals surface area contributed by atoms with Crippen LogP contribution < -0.4 is 0 Å². The van der Waals surface area contributed by atoms with Crippen LogP contribution in [0.25, 0.3) is 0 Å². The fraction of sp³-hybridized carbons (Fsp3) is 1.00. The molecule has 1 aliphatic heterocycles. The molecule has 1 aliphatic carbocycles. The van der Waals surface area contributed by atoms with Crippen molar-refractivity contribution in [3.8, 4) is 0 Å². The third-order valence-electron chi connectivity index (χ3n) is 3.35. The van der Waals surface area contributed by atoms with Crippen LogP contribution in [0.1, 0.15) is 27.2 Å². The Hall–Kier alpha value is -0.160. The van der Waals surface area contributed by atoms with Gasteiger partial charge >= 0.3 is 0 Å². The highest BCUT2D eigenvalue weighted by molar-refractivity contribution is 5.07. The first-order valence-corrected chi connectivity index (χ1v) is 5.06.